The summed E-state index contributed by atoms with van der Waals surface area (Å²) in [5, 5.41) is 9.14. The molecule has 0 bridgehead atoms. The molecule has 1 aliphatic heterocycles. The average Bonchev–Trinajstić information content (AvgIpc) is 2.67. The highest BCUT2D eigenvalue weighted by atomic mass is 16.5. The molecule has 0 aromatic heterocycles. The van der Waals surface area contributed by atoms with E-state index >= 15 is 0 Å². The van der Waals surface area contributed by atoms with Gasteiger partial charge in [-0.1, -0.05) is 13.0 Å². The number of fused-ring (bicyclic) bond motifs is 1. The van der Waals surface area contributed by atoms with E-state index < -0.39 is 6.09 Å². The summed E-state index contributed by atoms with van der Waals surface area (Å²) in [6.07, 6.45) is 5.82. The number of aryl methyl sites for hydroxylation is 1. The monoisotopic (exact) mass is 360 g/mol. The third-order valence-corrected chi connectivity index (χ3v) is 6.02. The van der Waals surface area contributed by atoms with Gasteiger partial charge in [-0.3, -0.25) is 4.90 Å². The number of likely N-dealkylation sites (tertiary alicyclic amines) is 1. The Balaban J connectivity index is 1.62. The number of nitrogens with zero attached hydrogens (tertiary/aromatic N) is 2. The molecule has 1 aliphatic carbocycles. The molecule has 1 amide bonds. The van der Waals surface area contributed by atoms with Gasteiger partial charge < -0.3 is 14.7 Å². The molecule has 144 valence electrons. The van der Waals surface area contributed by atoms with E-state index in [0.717, 1.165) is 50.9 Å². The summed E-state index contributed by atoms with van der Waals surface area (Å²) in [5.41, 5.74) is 2.90. The minimum Gasteiger partial charge on any atom is -0.497 e. The second kappa shape index (κ2) is 8.76. The molecule has 1 aromatic carbocycles. The zero-order chi connectivity index (χ0) is 18.5. The van der Waals surface area contributed by atoms with Gasteiger partial charge in [0.25, 0.3) is 0 Å². The van der Waals surface area contributed by atoms with Crippen LogP contribution in [0.2, 0.25) is 0 Å². The van der Waals surface area contributed by atoms with Crippen LogP contribution >= 0.6 is 0 Å². The summed E-state index contributed by atoms with van der Waals surface area (Å²) in [5.74, 6) is 1.57. The van der Waals surface area contributed by atoms with Gasteiger partial charge in [-0.2, -0.15) is 0 Å². The molecule has 1 atom stereocenters. The Bertz CT molecular complexity index is 611. The number of methoxy groups -OCH3 is 1. The molecule has 1 N–H and O–H groups in total. The van der Waals surface area contributed by atoms with E-state index in [1.807, 2.05) is 0 Å². The fourth-order valence-corrected chi connectivity index (χ4v) is 4.50. The summed E-state index contributed by atoms with van der Waals surface area (Å²) in [7, 11) is 1.73. The molecule has 0 saturated carbocycles. The molecule has 1 aromatic rings. The standard InChI is InChI=1S/C21H32N2O3/c1-3-10-23(15-16-8-11-22(12-9-16)21(24)25)19-6-4-17-5-7-20(26-2)14-18(17)13-19/h5,7,14,16,19H,3-4,6,8-13,15H2,1-2H3,(H,24,25). The summed E-state index contributed by atoms with van der Waals surface area (Å²) in [6, 6.07) is 7.08. The van der Waals surface area contributed by atoms with E-state index in [2.05, 4.69) is 30.0 Å². The Hall–Kier alpha value is -1.75. The van der Waals surface area contributed by atoms with Crippen molar-refractivity contribution in [2.24, 2.45) is 5.92 Å². The lowest BCUT2D eigenvalue weighted by molar-refractivity contribution is 0.0987. The van der Waals surface area contributed by atoms with Gasteiger partial charge in [-0.25, -0.2) is 4.79 Å². The Morgan fingerprint density at radius 1 is 1.27 bits per heavy atom. The fourth-order valence-electron chi connectivity index (χ4n) is 4.50. The Morgan fingerprint density at radius 3 is 2.69 bits per heavy atom. The minimum absolute atomic E-state index is 0.590. The van der Waals surface area contributed by atoms with Crippen LogP contribution in [-0.4, -0.2) is 60.3 Å². The number of carboxylic acid groups (broad SMARTS) is 1. The normalized spacial score (nSPS) is 20.9. The second-order valence-electron chi connectivity index (χ2n) is 7.74. The lowest BCUT2D eigenvalue weighted by Crippen LogP contribution is -2.45. The summed E-state index contributed by atoms with van der Waals surface area (Å²) in [4.78, 5) is 15.3. The zero-order valence-electron chi connectivity index (χ0n) is 16.1. The first-order valence-corrected chi connectivity index (χ1v) is 9.98. The molecule has 1 heterocycles. The van der Waals surface area contributed by atoms with Crippen molar-refractivity contribution >= 4 is 6.09 Å². The Morgan fingerprint density at radius 2 is 2.04 bits per heavy atom. The molecular weight excluding hydrogens is 328 g/mol. The number of hydrogen-bond acceptors (Lipinski definition) is 3. The molecule has 0 radical (unpaired) electrons. The van der Waals surface area contributed by atoms with Crippen LogP contribution in [0.15, 0.2) is 18.2 Å². The average molecular weight is 360 g/mol. The predicted molar refractivity (Wildman–Crippen MR) is 103 cm³/mol. The van der Waals surface area contributed by atoms with Crippen LogP contribution in [0.4, 0.5) is 4.79 Å². The number of ether oxygens (including phenoxy) is 1. The van der Waals surface area contributed by atoms with E-state index in [-0.39, 0.29) is 0 Å². The van der Waals surface area contributed by atoms with Crippen molar-refractivity contribution in [2.45, 2.75) is 51.5 Å². The van der Waals surface area contributed by atoms with Crippen molar-refractivity contribution in [2.75, 3.05) is 33.3 Å². The number of carbonyl (C=O) groups is 1. The molecule has 26 heavy (non-hydrogen) atoms. The maximum absolute atomic E-state index is 11.1. The number of rotatable bonds is 6. The van der Waals surface area contributed by atoms with Crippen LogP contribution in [0.25, 0.3) is 0 Å². The molecule has 0 spiro atoms. The first-order chi connectivity index (χ1) is 12.6. The molecule has 5 nitrogen and oxygen atoms in total. The topological polar surface area (TPSA) is 53.0 Å². The van der Waals surface area contributed by atoms with Gasteiger partial charge in [0.05, 0.1) is 7.11 Å². The summed E-state index contributed by atoms with van der Waals surface area (Å²) >= 11 is 0. The molecule has 3 rings (SSSR count). The highest BCUT2D eigenvalue weighted by Gasteiger charge is 2.28. The van der Waals surface area contributed by atoms with Crippen LogP contribution in [-0.2, 0) is 12.8 Å². The first kappa shape index (κ1) is 19.0. The molecule has 5 heteroatoms. The molecular formula is C21H32N2O3. The van der Waals surface area contributed by atoms with Crippen molar-refractivity contribution in [1.29, 1.82) is 0 Å². The Labute approximate surface area is 156 Å². The summed E-state index contributed by atoms with van der Waals surface area (Å²) < 4.78 is 5.41. The predicted octanol–water partition coefficient (Wildman–Crippen LogP) is 3.65. The van der Waals surface area contributed by atoms with Gasteiger partial charge in [0.1, 0.15) is 5.75 Å². The number of hydrogen-bond donors (Lipinski definition) is 1. The van der Waals surface area contributed by atoms with E-state index in [1.54, 1.807) is 12.0 Å². The molecule has 2 aliphatic rings. The van der Waals surface area contributed by atoms with Crippen LogP contribution in [0.1, 0.15) is 43.7 Å². The number of benzene rings is 1. The van der Waals surface area contributed by atoms with Crippen molar-refractivity contribution in [3.8, 4) is 5.75 Å². The van der Waals surface area contributed by atoms with Gasteiger partial charge >= 0.3 is 6.09 Å². The minimum atomic E-state index is -0.772. The fraction of sp³-hybridized carbons (Fsp3) is 0.667. The largest absolute Gasteiger partial charge is 0.497 e. The Kier molecular flexibility index (Phi) is 6.41. The highest BCUT2D eigenvalue weighted by Crippen LogP contribution is 2.29. The quantitative estimate of drug-likeness (QED) is 0.841. The van der Waals surface area contributed by atoms with E-state index in [1.165, 1.54) is 17.5 Å². The highest BCUT2D eigenvalue weighted by molar-refractivity contribution is 5.64. The van der Waals surface area contributed by atoms with Crippen LogP contribution in [0, 0.1) is 5.92 Å². The molecule has 1 fully saturated rings. The van der Waals surface area contributed by atoms with Crippen molar-refractivity contribution in [3.63, 3.8) is 0 Å². The maximum atomic E-state index is 11.1. The third kappa shape index (κ3) is 4.50. The van der Waals surface area contributed by atoms with Crippen molar-refractivity contribution in [3.05, 3.63) is 29.3 Å². The SMILES string of the molecule is CCCN(CC1CCN(C(=O)O)CC1)C1CCc2ccc(OC)cc2C1. The molecule has 1 unspecified atom stereocenters. The van der Waals surface area contributed by atoms with Crippen LogP contribution < -0.4 is 4.74 Å². The van der Waals surface area contributed by atoms with E-state index in [4.69, 9.17) is 9.84 Å². The first-order valence-electron chi connectivity index (χ1n) is 9.98. The summed E-state index contributed by atoms with van der Waals surface area (Å²) in [6.45, 7) is 5.85. The molecule has 1 saturated heterocycles. The second-order valence-corrected chi connectivity index (χ2v) is 7.74. The van der Waals surface area contributed by atoms with E-state index in [9.17, 15) is 4.79 Å². The van der Waals surface area contributed by atoms with Crippen molar-refractivity contribution < 1.29 is 14.6 Å². The van der Waals surface area contributed by atoms with Crippen LogP contribution in [0.3, 0.4) is 0 Å². The van der Waals surface area contributed by atoms with Gasteiger partial charge in [0, 0.05) is 25.7 Å². The van der Waals surface area contributed by atoms with Gasteiger partial charge in [-0.15, -0.1) is 0 Å². The lowest BCUT2D eigenvalue weighted by atomic mass is 9.86. The zero-order valence-corrected chi connectivity index (χ0v) is 16.1. The lowest BCUT2D eigenvalue weighted by Gasteiger charge is -2.39. The van der Waals surface area contributed by atoms with Gasteiger partial charge in [0.2, 0.25) is 0 Å². The number of amides is 1. The number of piperidine rings is 1. The third-order valence-electron chi connectivity index (χ3n) is 6.02. The van der Waals surface area contributed by atoms with E-state index in [0.29, 0.717) is 25.0 Å². The van der Waals surface area contributed by atoms with Gasteiger partial charge in [0.15, 0.2) is 0 Å². The smallest absolute Gasteiger partial charge is 0.407 e. The van der Waals surface area contributed by atoms with Crippen LogP contribution in [0.5, 0.6) is 5.75 Å². The van der Waals surface area contributed by atoms with Gasteiger partial charge in [-0.05, 0) is 74.2 Å². The maximum Gasteiger partial charge on any atom is 0.407 e. The van der Waals surface area contributed by atoms with Crippen molar-refractivity contribution in [1.82, 2.24) is 9.80 Å².